The third-order valence-corrected chi connectivity index (χ3v) is 20.4. The molecule has 2 aliphatic heterocycles. The molecule has 4 unspecified atom stereocenters. The molecule has 75 heavy (non-hydrogen) atoms. The molecule has 2 heteroatoms. The molecule has 0 aromatic heterocycles. The molecular formula is C73H64N2. The molecule has 0 spiro atoms. The van der Waals surface area contributed by atoms with Crippen LogP contribution in [0.15, 0.2) is 218 Å². The van der Waals surface area contributed by atoms with Gasteiger partial charge >= 0.3 is 0 Å². The average Bonchev–Trinajstić information content (AvgIpc) is 4.15. The Morgan fingerprint density at radius 3 is 1.13 bits per heavy atom. The summed E-state index contributed by atoms with van der Waals surface area (Å²) in [5, 5.41) is 5.25. The van der Waals surface area contributed by atoms with Crippen molar-refractivity contribution in [2.24, 2.45) is 0 Å². The molecular weight excluding hydrogens is 905 g/mol. The molecule has 2 nitrogen and oxygen atoms in total. The minimum Gasteiger partial charge on any atom is -0.334 e. The van der Waals surface area contributed by atoms with Gasteiger partial charge in [-0.1, -0.05) is 209 Å². The van der Waals surface area contributed by atoms with Crippen molar-refractivity contribution in [3.8, 4) is 33.4 Å². The first kappa shape index (κ1) is 44.8. The summed E-state index contributed by atoms with van der Waals surface area (Å²) in [4.78, 5) is 5.49. The number of rotatable bonds is 6. The first-order valence-electron chi connectivity index (χ1n) is 27.9. The van der Waals surface area contributed by atoms with Crippen LogP contribution < -0.4 is 9.80 Å². The molecule has 4 atom stereocenters. The van der Waals surface area contributed by atoms with E-state index >= 15 is 0 Å². The molecule has 0 radical (unpaired) electrons. The van der Waals surface area contributed by atoms with E-state index in [-0.39, 0.29) is 21.9 Å². The zero-order valence-corrected chi connectivity index (χ0v) is 43.8. The Balaban J connectivity index is 0.910. The zero-order chi connectivity index (χ0) is 50.3. The van der Waals surface area contributed by atoms with Crippen molar-refractivity contribution in [3.05, 3.63) is 252 Å². The summed E-state index contributed by atoms with van der Waals surface area (Å²) in [6.45, 7) is 10.3. The van der Waals surface area contributed by atoms with Crippen LogP contribution in [0.1, 0.15) is 112 Å². The van der Waals surface area contributed by atoms with Crippen molar-refractivity contribution in [1.29, 1.82) is 0 Å². The molecule has 2 saturated carbocycles. The smallest absolute Gasteiger partial charge is 0.0713 e. The third-order valence-electron chi connectivity index (χ3n) is 20.4. The van der Waals surface area contributed by atoms with Crippen molar-refractivity contribution in [2.75, 3.05) is 9.80 Å². The second-order valence-corrected chi connectivity index (χ2v) is 23.8. The van der Waals surface area contributed by atoms with E-state index in [4.69, 9.17) is 0 Å². The molecule has 0 N–H and O–H groups in total. The van der Waals surface area contributed by atoms with E-state index < -0.39 is 5.41 Å². The first-order chi connectivity index (χ1) is 36.7. The van der Waals surface area contributed by atoms with Gasteiger partial charge in [0.1, 0.15) is 0 Å². The van der Waals surface area contributed by atoms with Crippen molar-refractivity contribution in [1.82, 2.24) is 0 Å². The Hall–Kier alpha value is -7.68. The molecule has 10 aromatic rings. The van der Waals surface area contributed by atoms with Gasteiger partial charge in [0.15, 0.2) is 0 Å². The van der Waals surface area contributed by atoms with Crippen LogP contribution in [0.2, 0.25) is 0 Å². The topological polar surface area (TPSA) is 6.48 Å². The van der Waals surface area contributed by atoms with Crippen molar-refractivity contribution >= 4 is 44.3 Å². The monoisotopic (exact) mass is 969 g/mol. The second kappa shape index (κ2) is 16.2. The normalized spacial score (nSPS) is 23.8. The number of hydrogen-bond acceptors (Lipinski definition) is 2. The van der Waals surface area contributed by atoms with Gasteiger partial charge in [0.25, 0.3) is 0 Å². The van der Waals surface area contributed by atoms with Gasteiger partial charge in [-0.25, -0.2) is 0 Å². The van der Waals surface area contributed by atoms with Gasteiger partial charge in [0.2, 0.25) is 0 Å². The quantitative estimate of drug-likeness (QED) is 0.164. The number of benzene rings is 10. The van der Waals surface area contributed by atoms with Crippen LogP contribution in [-0.2, 0) is 16.2 Å². The maximum Gasteiger partial charge on any atom is 0.0713 e. The van der Waals surface area contributed by atoms with Crippen LogP contribution in [0.4, 0.5) is 22.7 Å². The third kappa shape index (κ3) is 5.97. The van der Waals surface area contributed by atoms with Gasteiger partial charge in [-0.05, 0) is 166 Å². The predicted octanol–water partition coefficient (Wildman–Crippen LogP) is 19.2. The van der Waals surface area contributed by atoms with E-state index in [1.165, 1.54) is 162 Å². The number of hydrogen-bond donors (Lipinski definition) is 0. The zero-order valence-electron chi connectivity index (χ0n) is 43.8. The van der Waals surface area contributed by atoms with Gasteiger partial charge in [-0.2, -0.15) is 0 Å². The number of anilines is 4. The van der Waals surface area contributed by atoms with Gasteiger partial charge in [0, 0.05) is 44.4 Å². The highest BCUT2D eigenvalue weighted by molar-refractivity contribution is 6.00. The van der Waals surface area contributed by atoms with Crippen molar-refractivity contribution in [2.45, 2.75) is 106 Å². The molecule has 0 amide bonds. The van der Waals surface area contributed by atoms with Crippen molar-refractivity contribution in [3.63, 3.8) is 0 Å². The summed E-state index contributed by atoms with van der Waals surface area (Å²) in [6, 6.07) is 84.1. The first-order valence-corrected chi connectivity index (χ1v) is 27.9. The molecule has 10 aromatic carbocycles. The molecule has 3 aliphatic carbocycles. The predicted molar refractivity (Wildman–Crippen MR) is 315 cm³/mol. The Morgan fingerprint density at radius 1 is 0.307 bits per heavy atom. The van der Waals surface area contributed by atoms with Gasteiger partial charge in [-0.15, -0.1) is 0 Å². The van der Waals surface area contributed by atoms with Crippen LogP contribution in [0.25, 0.3) is 54.9 Å². The van der Waals surface area contributed by atoms with Gasteiger partial charge in [0.05, 0.1) is 16.5 Å². The lowest BCUT2D eigenvalue weighted by atomic mass is 9.61. The van der Waals surface area contributed by atoms with E-state index in [1.54, 1.807) is 0 Å². The Kier molecular flexibility index (Phi) is 9.65. The summed E-state index contributed by atoms with van der Waals surface area (Å²) in [6.07, 6.45) is 9.70. The summed E-state index contributed by atoms with van der Waals surface area (Å²) in [7, 11) is 0. The highest BCUT2D eigenvalue weighted by Gasteiger charge is 2.59. The van der Waals surface area contributed by atoms with Crippen LogP contribution in [-0.4, -0.2) is 11.1 Å². The van der Waals surface area contributed by atoms with Crippen LogP contribution in [0.3, 0.4) is 0 Å². The molecule has 5 aliphatic rings. The Morgan fingerprint density at radius 2 is 0.680 bits per heavy atom. The summed E-state index contributed by atoms with van der Waals surface area (Å²) >= 11 is 0. The fraction of sp³-hybridized carbons (Fsp3) is 0.233. The maximum atomic E-state index is 2.75. The lowest BCUT2D eigenvalue weighted by Crippen LogP contribution is -2.54. The number of nitrogens with zero attached hydrogens (tertiary/aromatic N) is 2. The van der Waals surface area contributed by atoms with E-state index in [1.807, 2.05) is 0 Å². The standard InChI is InChI=1S/C73H64N2/c1-69-41-15-17-43-71(69,3)74(65-31-19-23-49-21-11-13-29-57(49)65)67-39-35-53(47-63(67)69)51-33-37-61-59(45-51)60-46-52(34-38-62(60)73(61,55-25-7-5-8-26-55)56-27-9-6-10-28-56)54-36-40-68-64(48-54)70(2)42-16-18-44-72(70,4)75(68)66-32-20-24-50-22-12-14-30-58(50)66/h5-14,19-40,45-48H,15-18,41-44H2,1-4H3. The highest BCUT2D eigenvalue weighted by atomic mass is 15.3. The molecule has 2 heterocycles. The number of fused-ring (bicyclic) bond motifs is 11. The fourth-order valence-corrected chi connectivity index (χ4v) is 16.2. The second-order valence-electron chi connectivity index (χ2n) is 23.8. The van der Waals surface area contributed by atoms with Gasteiger partial charge < -0.3 is 9.80 Å². The molecule has 0 saturated heterocycles. The lowest BCUT2D eigenvalue weighted by molar-refractivity contribution is 0.195. The van der Waals surface area contributed by atoms with Gasteiger partial charge in [-0.3, -0.25) is 0 Å². The minimum absolute atomic E-state index is 0.00452. The molecule has 366 valence electrons. The van der Waals surface area contributed by atoms with E-state index in [2.05, 4.69) is 256 Å². The maximum absolute atomic E-state index is 2.75. The molecule has 2 fully saturated rings. The lowest BCUT2D eigenvalue weighted by Gasteiger charge is -2.50. The van der Waals surface area contributed by atoms with Crippen molar-refractivity contribution < 1.29 is 0 Å². The van der Waals surface area contributed by atoms with Crippen LogP contribution in [0.5, 0.6) is 0 Å². The van der Waals surface area contributed by atoms with Crippen LogP contribution in [0, 0.1) is 0 Å². The highest BCUT2D eigenvalue weighted by Crippen LogP contribution is 2.64. The Labute approximate surface area is 443 Å². The largest absolute Gasteiger partial charge is 0.334 e. The van der Waals surface area contributed by atoms with E-state index in [0.29, 0.717) is 0 Å². The average molecular weight is 969 g/mol. The van der Waals surface area contributed by atoms with Crippen LogP contribution >= 0.6 is 0 Å². The summed E-state index contributed by atoms with van der Waals surface area (Å²) in [5.74, 6) is 0. The minimum atomic E-state index is -0.493. The molecule has 15 rings (SSSR count). The van der Waals surface area contributed by atoms with E-state index in [9.17, 15) is 0 Å². The summed E-state index contributed by atoms with van der Waals surface area (Å²) < 4.78 is 0. The molecule has 0 bridgehead atoms. The van der Waals surface area contributed by atoms with E-state index in [0.717, 1.165) is 0 Å². The Bertz CT molecular complexity index is 3680. The SMILES string of the molecule is CC12CCCCC1(C)N(c1cccc3ccccc13)c1ccc(-c3ccc4c(c3)-c3cc(-c5ccc6c(c5)C5(C)CCCCC5(C)N6c5cccc6ccccc56)ccc3C4(c3ccccc3)c3ccccc3)cc12. The summed E-state index contributed by atoms with van der Waals surface area (Å²) in [5.41, 5.74) is 20.8. The fourth-order valence-electron chi connectivity index (χ4n) is 16.2.